The molecule has 0 aliphatic carbocycles. The molecule has 0 unspecified atom stereocenters. The molecule has 1 amide bonds. The standard InChI is InChI=1S/C20H25N5O3/c26-20(15-2-3-16-17(12-15)28-11-1-10-27-16)24-7-4-14(5-8-24)19-23-22-18-13-21-6-9-25(18)19/h2-3,12,14,21H,1,4-11,13H2. The molecule has 0 spiro atoms. The van der Waals surface area contributed by atoms with E-state index in [0.29, 0.717) is 30.4 Å². The van der Waals surface area contributed by atoms with Gasteiger partial charge in [0.2, 0.25) is 0 Å². The number of aromatic nitrogens is 3. The average molecular weight is 383 g/mol. The van der Waals surface area contributed by atoms with Gasteiger partial charge in [-0.2, -0.15) is 0 Å². The number of ether oxygens (including phenoxy) is 2. The van der Waals surface area contributed by atoms with E-state index in [4.69, 9.17) is 9.47 Å². The van der Waals surface area contributed by atoms with Crippen LogP contribution in [0.3, 0.4) is 0 Å². The van der Waals surface area contributed by atoms with Crippen LogP contribution in [0, 0.1) is 0 Å². The molecular weight excluding hydrogens is 358 g/mol. The van der Waals surface area contributed by atoms with Crippen LogP contribution in [0.15, 0.2) is 18.2 Å². The molecule has 1 aromatic heterocycles. The van der Waals surface area contributed by atoms with Crippen molar-refractivity contribution in [3.05, 3.63) is 35.4 Å². The van der Waals surface area contributed by atoms with Crippen molar-refractivity contribution in [2.75, 3.05) is 32.8 Å². The van der Waals surface area contributed by atoms with Crippen molar-refractivity contribution in [2.24, 2.45) is 0 Å². The summed E-state index contributed by atoms with van der Waals surface area (Å²) in [5, 5.41) is 12.1. The van der Waals surface area contributed by atoms with E-state index in [-0.39, 0.29) is 5.91 Å². The molecule has 2 aromatic rings. The lowest BCUT2D eigenvalue weighted by Gasteiger charge is -2.32. The van der Waals surface area contributed by atoms with Crippen molar-refractivity contribution in [3.8, 4) is 11.5 Å². The van der Waals surface area contributed by atoms with Crippen molar-refractivity contribution in [1.29, 1.82) is 0 Å². The highest BCUT2D eigenvalue weighted by atomic mass is 16.5. The van der Waals surface area contributed by atoms with Gasteiger partial charge in [0.15, 0.2) is 11.5 Å². The first-order chi connectivity index (χ1) is 13.8. The minimum absolute atomic E-state index is 0.0570. The lowest BCUT2D eigenvalue weighted by atomic mass is 9.95. The lowest BCUT2D eigenvalue weighted by Crippen LogP contribution is -2.39. The fraction of sp³-hybridized carbons (Fsp3) is 0.550. The number of piperidine rings is 1. The average Bonchev–Trinajstić information content (AvgIpc) is 3.03. The highest BCUT2D eigenvalue weighted by Crippen LogP contribution is 2.32. The van der Waals surface area contributed by atoms with Crippen LogP contribution in [-0.4, -0.2) is 58.4 Å². The number of likely N-dealkylation sites (tertiary alicyclic amines) is 1. The number of fused-ring (bicyclic) bond motifs is 2. The van der Waals surface area contributed by atoms with E-state index in [2.05, 4.69) is 20.1 Å². The van der Waals surface area contributed by atoms with Gasteiger partial charge in [-0.1, -0.05) is 0 Å². The van der Waals surface area contributed by atoms with E-state index in [1.807, 2.05) is 23.1 Å². The molecule has 0 atom stereocenters. The number of carbonyl (C=O) groups is 1. The molecule has 3 aliphatic rings. The summed E-state index contributed by atoms with van der Waals surface area (Å²) in [4.78, 5) is 14.9. The summed E-state index contributed by atoms with van der Waals surface area (Å²) in [6.07, 6.45) is 2.69. The molecule has 1 N–H and O–H groups in total. The summed E-state index contributed by atoms with van der Waals surface area (Å²) in [5.74, 6) is 3.92. The minimum atomic E-state index is 0.0570. The third-order valence-electron chi connectivity index (χ3n) is 5.79. The number of hydrogen-bond donors (Lipinski definition) is 1. The molecular formula is C20H25N5O3. The normalized spacial score (nSPS) is 19.8. The summed E-state index contributed by atoms with van der Waals surface area (Å²) in [7, 11) is 0. The first kappa shape index (κ1) is 17.5. The van der Waals surface area contributed by atoms with Gasteiger partial charge in [-0.15, -0.1) is 10.2 Å². The van der Waals surface area contributed by atoms with E-state index >= 15 is 0 Å². The zero-order chi connectivity index (χ0) is 18.9. The molecule has 3 aliphatic heterocycles. The van der Waals surface area contributed by atoms with Gasteiger partial charge in [0.25, 0.3) is 5.91 Å². The van der Waals surface area contributed by atoms with Gasteiger partial charge in [0.1, 0.15) is 11.6 Å². The van der Waals surface area contributed by atoms with Crippen LogP contribution in [0.5, 0.6) is 11.5 Å². The van der Waals surface area contributed by atoms with Gasteiger partial charge in [0.05, 0.1) is 19.8 Å². The van der Waals surface area contributed by atoms with Gasteiger partial charge in [-0.3, -0.25) is 4.79 Å². The van der Waals surface area contributed by atoms with Gasteiger partial charge in [-0.25, -0.2) is 0 Å². The van der Waals surface area contributed by atoms with E-state index in [1.54, 1.807) is 0 Å². The molecule has 28 heavy (non-hydrogen) atoms. The monoisotopic (exact) mass is 383 g/mol. The largest absolute Gasteiger partial charge is 0.490 e. The summed E-state index contributed by atoms with van der Waals surface area (Å²) in [5.41, 5.74) is 0.661. The Morgan fingerprint density at radius 2 is 1.89 bits per heavy atom. The second-order valence-corrected chi connectivity index (χ2v) is 7.58. The minimum Gasteiger partial charge on any atom is -0.490 e. The molecule has 1 aromatic carbocycles. The molecule has 1 saturated heterocycles. The Balaban J connectivity index is 1.26. The number of rotatable bonds is 2. The SMILES string of the molecule is O=C(c1ccc2c(c1)OCCCO2)N1CCC(c2nnc3n2CCNC3)CC1. The highest BCUT2D eigenvalue weighted by molar-refractivity contribution is 5.95. The number of nitrogens with one attached hydrogen (secondary N) is 1. The molecule has 8 nitrogen and oxygen atoms in total. The van der Waals surface area contributed by atoms with Crippen LogP contribution in [0.1, 0.15) is 47.2 Å². The number of nitrogens with zero attached hydrogens (tertiary/aromatic N) is 4. The Bertz CT molecular complexity index is 873. The number of benzene rings is 1. The third kappa shape index (κ3) is 3.22. The fourth-order valence-corrected chi connectivity index (χ4v) is 4.24. The Labute approximate surface area is 163 Å². The summed E-state index contributed by atoms with van der Waals surface area (Å²) in [6, 6.07) is 5.50. The summed E-state index contributed by atoms with van der Waals surface area (Å²) >= 11 is 0. The topological polar surface area (TPSA) is 81.5 Å². The molecule has 0 bridgehead atoms. The van der Waals surface area contributed by atoms with Crippen molar-refractivity contribution < 1.29 is 14.3 Å². The zero-order valence-corrected chi connectivity index (χ0v) is 15.9. The molecule has 0 saturated carbocycles. The van der Waals surface area contributed by atoms with Crippen LogP contribution < -0.4 is 14.8 Å². The third-order valence-corrected chi connectivity index (χ3v) is 5.79. The maximum Gasteiger partial charge on any atom is 0.253 e. The van der Waals surface area contributed by atoms with Gasteiger partial charge in [0, 0.05) is 44.1 Å². The van der Waals surface area contributed by atoms with E-state index in [9.17, 15) is 4.79 Å². The highest BCUT2D eigenvalue weighted by Gasteiger charge is 2.29. The van der Waals surface area contributed by atoms with Crippen molar-refractivity contribution in [1.82, 2.24) is 25.0 Å². The second-order valence-electron chi connectivity index (χ2n) is 7.58. The Morgan fingerprint density at radius 3 is 2.75 bits per heavy atom. The van der Waals surface area contributed by atoms with Crippen LogP contribution in [0.2, 0.25) is 0 Å². The Morgan fingerprint density at radius 1 is 1.07 bits per heavy atom. The maximum absolute atomic E-state index is 13.0. The van der Waals surface area contributed by atoms with Crippen LogP contribution >= 0.6 is 0 Å². The zero-order valence-electron chi connectivity index (χ0n) is 15.9. The van der Waals surface area contributed by atoms with Crippen LogP contribution in [-0.2, 0) is 13.1 Å². The van der Waals surface area contributed by atoms with Crippen molar-refractivity contribution >= 4 is 5.91 Å². The smallest absolute Gasteiger partial charge is 0.253 e. The van der Waals surface area contributed by atoms with E-state index in [0.717, 1.165) is 69.4 Å². The predicted octanol–water partition coefficient (Wildman–Crippen LogP) is 1.56. The van der Waals surface area contributed by atoms with E-state index in [1.165, 1.54) is 0 Å². The molecule has 1 fully saturated rings. The fourth-order valence-electron chi connectivity index (χ4n) is 4.24. The molecule has 4 heterocycles. The number of carbonyl (C=O) groups excluding carboxylic acids is 1. The maximum atomic E-state index is 13.0. The Kier molecular flexibility index (Phi) is 4.64. The van der Waals surface area contributed by atoms with Crippen LogP contribution in [0.4, 0.5) is 0 Å². The molecule has 0 radical (unpaired) electrons. The van der Waals surface area contributed by atoms with Crippen molar-refractivity contribution in [2.45, 2.75) is 38.3 Å². The second kappa shape index (κ2) is 7.43. The van der Waals surface area contributed by atoms with Gasteiger partial charge < -0.3 is 24.3 Å². The Hall–Kier alpha value is -2.61. The first-order valence-electron chi connectivity index (χ1n) is 10.1. The van der Waals surface area contributed by atoms with Gasteiger partial charge in [-0.05, 0) is 31.0 Å². The van der Waals surface area contributed by atoms with E-state index < -0.39 is 0 Å². The molecule has 148 valence electrons. The summed E-state index contributed by atoms with van der Waals surface area (Å²) in [6.45, 7) is 5.41. The van der Waals surface area contributed by atoms with Crippen molar-refractivity contribution in [3.63, 3.8) is 0 Å². The molecule has 8 heteroatoms. The van der Waals surface area contributed by atoms with Gasteiger partial charge >= 0.3 is 0 Å². The number of hydrogen-bond acceptors (Lipinski definition) is 6. The lowest BCUT2D eigenvalue weighted by molar-refractivity contribution is 0.0709. The predicted molar refractivity (Wildman–Crippen MR) is 102 cm³/mol. The quantitative estimate of drug-likeness (QED) is 0.848. The molecule has 5 rings (SSSR count). The number of amides is 1. The van der Waals surface area contributed by atoms with Crippen LogP contribution in [0.25, 0.3) is 0 Å². The summed E-state index contributed by atoms with van der Waals surface area (Å²) < 4.78 is 13.6. The first-order valence-corrected chi connectivity index (χ1v) is 10.1.